The first kappa shape index (κ1) is 13.6. The third-order valence-electron chi connectivity index (χ3n) is 2.73. The summed E-state index contributed by atoms with van der Waals surface area (Å²) in [5, 5.41) is 3.16. The van der Waals surface area contributed by atoms with Crippen LogP contribution in [0.25, 0.3) is 0 Å². The molecule has 17 heavy (non-hydrogen) atoms. The van der Waals surface area contributed by atoms with Crippen LogP contribution in [0.3, 0.4) is 0 Å². The normalized spacial score (nSPS) is 12.1. The topological polar surface area (TPSA) is 12.0 Å². The van der Waals surface area contributed by atoms with Gasteiger partial charge in [-0.3, -0.25) is 0 Å². The molecule has 0 aliphatic heterocycles. The molecule has 0 amide bonds. The van der Waals surface area contributed by atoms with E-state index < -0.39 is 0 Å². The highest BCUT2D eigenvalue weighted by Gasteiger charge is 1.93. The fourth-order valence-electron chi connectivity index (χ4n) is 1.58. The van der Waals surface area contributed by atoms with Crippen molar-refractivity contribution in [2.24, 2.45) is 0 Å². The van der Waals surface area contributed by atoms with Gasteiger partial charge < -0.3 is 5.32 Å². The molecule has 0 aromatic heterocycles. The van der Waals surface area contributed by atoms with Crippen LogP contribution < -0.4 is 5.32 Å². The molecule has 0 heterocycles. The molecule has 0 radical (unpaired) electrons. The van der Waals surface area contributed by atoms with E-state index in [0.29, 0.717) is 0 Å². The molecule has 1 heteroatoms. The van der Waals surface area contributed by atoms with Crippen molar-refractivity contribution < 1.29 is 0 Å². The maximum atomic E-state index is 3.16. The number of aryl methyl sites for hydroxylation is 2. The maximum Gasteiger partial charge on any atom is 0.0113 e. The third-order valence-corrected chi connectivity index (χ3v) is 2.73. The Bertz CT molecular complexity index is 371. The van der Waals surface area contributed by atoms with Crippen molar-refractivity contribution >= 4 is 0 Å². The number of hydrogen-bond acceptors (Lipinski definition) is 1. The van der Waals surface area contributed by atoms with Gasteiger partial charge in [0.1, 0.15) is 0 Å². The largest absolute Gasteiger partial charge is 0.391 e. The molecule has 0 saturated heterocycles. The van der Waals surface area contributed by atoms with Crippen molar-refractivity contribution in [3.63, 3.8) is 0 Å². The van der Waals surface area contributed by atoms with Crippen molar-refractivity contribution in [3.8, 4) is 0 Å². The molecule has 0 atom stereocenters. The number of rotatable bonds is 6. The Morgan fingerprint density at radius 1 is 1.24 bits per heavy atom. The van der Waals surface area contributed by atoms with Gasteiger partial charge in [0.2, 0.25) is 0 Å². The second-order valence-corrected chi connectivity index (χ2v) is 4.42. The maximum absolute atomic E-state index is 3.16. The van der Waals surface area contributed by atoms with Crippen LogP contribution in [0.1, 0.15) is 31.4 Å². The summed E-state index contributed by atoms with van der Waals surface area (Å²) in [6.07, 6.45) is 8.50. The second kappa shape index (κ2) is 7.72. The van der Waals surface area contributed by atoms with Gasteiger partial charge in [0.15, 0.2) is 0 Å². The standard InChI is InChI=1S/C16H23N/c1-4-17-13-5-6-14(2)7-10-16-11-8-15(3)9-12-16/h5-6,8-9,11-13,17H,4,7,10H2,1-3H3/b13-5+,14-6-. The molecule has 1 nitrogen and oxygen atoms in total. The molecule has 0 unspecified atom stereocenters. The highest BCUT2D eigenvalue weighted by molar-refractivity contribution is 5.22. The van der Waals surface area contributed by atoms with E-state index in [1.54, 1.807) is 0 Å². The number of nitrogens with one attached hydrogen (secondary N) is 1. The van der Waals surface area contributed by atoms with E-state index in [0.717, 1.165) is 19.4 Å². The Labute approximate surface area is 105 Å². The quantitative estimate of drug-likeness (QED) is 0.727. The van der Waals surface area contributed by atoms with E-state index in [-0.39, 0.29) is 0 Å². The fourth-order valence-corrected chi connectivity index (χ4v) is 1.58. The van der Waals surface area contributed by atoms with Crippen molar-refractivity contribution in [3.05, 3.63) is 59.3 Å². The van der Waals surface area contributed by atoms with E-state index in [4.69, 9.17) is 0 Å². The zero-order chi connectivity index (χ0) is 12.5. The Hall–Kier alpha value is -1.50. The van der Waals surface area contributed by atoms with Crippen molar-refractivity contribution in [1.82, 2.24) is 5.32 Å². The van der Waals surface area contributed by atoms with E-state index in [2.05, 4.69) is 62.5 Å². The molecule has 1 aromatic carbocycles. The summed E-state index contributed by atoms with van der Waals surface area (Å²) >= 11 is 0. The minimum absolute atomic E-state index is 0.979. The SMILES string of the molecule is CCN/C=C/C=C(/C)CCc1ccc(C)cc1. The number of allylic oxidation sites excluding steroid dienone is 3. The predicted molar refractivity (Wildman–Crippen MR) is 76.1 cm³/mol. The van der Waals surface area contributed by atoms with Crippen LogP contribution >= 0.6 is 0 Å². The molecule has 1 rings (SSSR count). The number of hydrogen-bond donors (Lipinski definition) is 1. The van der Waals surface area contributed by atoms with Crippen LogP contribution in [0.5, 0.6) is 0 Å². The Kier molecular flexibility index (Phi) is 6.16. The first-order chi connectivity index (χ1) is 8.22. The summed E-state index contributed by atoms with van der Waals surface area (Å²) in [6.45, 7) is 7.38. The van der Waals surface area contributed by atoms with Crippen LogP contribution in [0.2, 0.25) is 0 Å². The van der Waals surface area contributed by atoms with E-state index in [9.17, 15) is 0 Å². The van der Waals surface area contributed by atoms with Crippen molar-refractivity contribution in [2.45, 2.75) is 33.6 Å². The molecule has 0 bridgehead atoms. The summed E-state index contributed by atoms with van der Waals surface area (Å²) < 4.78 is 0. The predicted octanol–water partition coefficient (Wildman–Crippen LogP) is 4.00. The molecule has 0 aliphatic rings. The molecule has 92 valence electrons. The lowest BCUT2D eigenvalue weighted by Crippen LogP contribution is -2.00. The summed E-state index contributed by atoms with van der Waals surface area (Å²) in [6, 6.07) is 8.80. The van der Waals surface area contributed by atoms with Gasteiger partial charge in [-0.15, -0.1) is 0 Å². The average molecular weight is 229 g/mol. The summed E-state index contributed by atoms with van der Waals surface area (Å²) in [5.41, 5.74) is 4.16. The molecule has 0 spiro atoms. The fraction of sp³-hybridized carbons (Fsp3) is 0.375. The first-order valence-corrected chi connectivity index (χ1v) is 6.33. The van der Waals surface area contributed by atoms with Gasteiger partial charge in [0.05, 0.1) is 0 Å². The van der Waals surface area contributed by atoms with E-state index in [1.165, 1.54) is 16.7 Å². The van der Waals surface area contributed by atoms with Gasteiger partial charge in [-0.2, -0.15) is 0 Å². The Morgan fingerprint density at radius 3 is 2.59 bits per heavy atom. The minimum atomic E-state index is 0.979. The molecule has 1 aromatic rings. The Balaban J connectivity index is 2.37. The van der Waals surface area contributed by atoms with Gasteiger partial charge in [-0.1, -0.05) is 41.5 Å². The van der Waals surface area contributed by atoms with Crippen LogP contribution in [0.4, 0.5) is 0 Å². The van der Waals surface area contributed by atoms with E-state index >= 15 is 0 Å². The van der Waals surface area contributed by atoms with Crippen LogP contribution in [-0.2, 0) is 6.42 Å². The van der Waals surface area contributed by atoms with Crippen molar-refractivity contribution in [1.29, 1.82) is 0 Å². The van der Waals surface area contributed by atoms with Gasteiger partial charge in [-0.05, 0) is 51.5 Å². The monoisotopic (exact) mass is 229 g/mol. The van der Waals surface area contributed by atoms with Gasteiger partial charge in [-0.25, -0.2) is 0 Å². The zero-order valence-corrected chi connectivity index (χ0v) is 11.2. The van der Waals surface area contributed by atoms with Gasteiger partial charge in [0.25, 0.3) is 0 Å². The molecule has 0 saturated carbocycles. The number of benzene rings is 1. The lowest BCUT2D eigenvalue weighted by molar-refractivity contribution is 0.916. The van der Waals surface area contributed by atoms with Crippen molar-refractivity contribution in [2.75, 3.05) is 6.54 Å². The third kappa shape index (κ3) is 5.96. The molecular formula is C16H23N. The highest BCUT2D eigenvalue weighted by atomic mass is 14.8. The molecule has 1 N–H and O–H groups in total. The lowest BCUT2D eigenvalue weighted by atomic mass is 10.0. The van der Waals surface area contributed by atoms with E-state index in [1.807, 2.05) is 6.20 Å². The van der Waals surface area contributed by atoms with Gasteiger partial charge >= 0.3 is 0 Å². The van der Waals surface area contributed by atoms with Crippen LogP contribution in [-0.4, -0.2) is 6.54 Å². The van der Waals surface area contributed by atoms with Gasteiger partial charge in [0, 0.05) is 6.54 Å². The summed E-state index contributed by atoms with van der Waals surface area (Å²) in [4.78, 5) is 0. The highest BCUT2D eigenvalue weighted by Crippen LogP contribution is 2.10. The molecule has 0 fully saturated rings. The second-order valence-electron chi connectivity index (χ2n) is 4.42. The molecular weight excluding hydrogens is 206 g/mol. The lowest BCUT2D eigenvalue weighted by Gasteiger charge is -2.02. The smallest absolute Gasteiger partial charge is 0.0113 e. The summed E-state index contributed by atoms with van der Waals surface area (Å²) in [7, 11) is 0. The first-order valence-electron chi connectivity index (χ1n) is 6.33. The molecule has 0 aliphatic carbocycles. The zero-order valence-electron chi connectivity index (χ0n) is 11.2. The van der Waals surface area contributed by atoms with Crippen LogP contribution in [0.15, 0.2) is 48.2 Å². The Morgan fingerprint density at radius 2 is 1.94 bits per heavy atom. The average Bonchev–Trinajstić information content (AvgIpc) is 2.34. The minimum Gasteiger partial charge on any atom is -0.391 e. The van der Waals surface area contributed by atoms with Crippen LogP contribution in [0, 0.1) is 6.92 Å². The summed E-state index contributed by atoms with van der Waals surface area (Å²) in [5.74, 6) is 0.